The quantitative estimate of drug-likeness (QED) is 0.799. The molecule has 2 aromatic rings. The number of amides is 1. The van der Waals surface area contributed by atoms with Crippen LogP contribution in [0.2, 0.25) is 0 Å². The maximum atomic E-state index is 12.9. The number of furan rings is 1. The summed E-state index contributed by atoms with van der Waals surface area (Å²) in [6.07, 6.45) is 6.90. The van der Waals surface area contributed by atoms with Crippen LogP contribution in [-0.4, -0.2) is 33.3 Å². The Morgan fingerprint density at radius 2 is 1.81 bits per heavy atom. The number of nitrogens with one attached hydrogen (secondary N) is 1. The van der Waals surface area contributed by atoms with Crippen LogP contribution in [0, 0.1) is 5.92 Å². The second-order valence-electron chi connectivity index (χ2n) is 6.82. The van der Waals surface area contributed by atoms with Crippen molar-refractivity contribution in [2.24, 2.45) is 5.92 Å². The van der Waals surface area contributed by atoms with Gasteiger partial charge < -0.3 is 23.9 Å². The zero-order valence-electron chi connectivity index (χ0n) is 16.1. The van der Waals surface area contributed by atoms with Crippen LogP contribution in [0.4, 0.5) is 0 Å². The highest BCUT2D eigenvalue weighted by atomic mass is 16.5. The predicted octanol–water partition coefficient (Wildman–Crippen LogP) is 3.84. The lowest BCUT2D eigenvalue weighted by atomic mass is 9.81. The summed E-state index contributed by atoms with van der Waals surface area (Å²) in [5, 5.41) is 3.21. The molecule has 1 fully saturated rings. The summed E-state index contributed by atoms with van der Waals surface area (Å²) in [4.78, 5) is 12.9. The highest BCUT2D eigenvalue weighted by molar-refractivity contribution is 5.95. The molecule has 1 saturated carbocycles. The van der Waals surface area contributed by atoms with Crippen molar-refractivity contribution in [1.29, 1.82) is 0 Å². The number of hydrogen-bond donors (Lipinski definition) is 1. The number of rotatable bonds is 7. The van der Waals surface area contributed by atoms with Gasteiger partial charge in [0.05, 0.1) is 27.6 Å². The lowest BCUT2D eigenvalue weighted by molar-refractivity contribution is 0.0903. The van der Waals surface area contributed by atoms with E-state index in [9.17, 15) is 4.79 Å². The second-order valence-corrected chi connectivity index (χ2v) is 6.82. The van der Waals surface area contributed by atoms with Crippen molar-refractivity contribution >= 4 is 5.91 Å². The molecule has 3 rings (SSSR count). The van der Waals surface area contributed by atoms with Crippen LogP contribution in [0.15, 0.2) is 34.9 Å². The Morgan fingerprint density at radius 1 is 1.11 bits per heavy atom. The minimum Gasteiger partial charge on any atom is -0.493 e. The van der Waals surface area contributed by atoms with Crippen molar-refractivity contribution in [3.8, 4) is 17.2 Å². The van der Waals surface area contributed by atoms with Gasteiger partial charge in [0.2, 0.25) is 5.75 Å². The van der Waals surface area contributed by atoms with Gasteiger partial charge in [0, 0.05) is 18.0 Å². The number of methoxy groups -OCH3 is 3. The summed E-state index contributed by atoms with van der Waals surface area (Å²) in [6, 6.07) is 7.38. The molecular formula is C21H27NO5. The van der Waals surface area contributed by atoms with Crippen LogP contribution in [-0.2, 0) is 6.42 Å². The third-order valence-electron chi connectivity index (χ3n) is 5.20. The van der Waals surface area contributed by atoms with Crippen molar-refractivity contribution < 1.29 is 23.4 Å². The van der Waals surface area contributed by atoms with E-state index >= 15 is 0 Å². The Morgan fingerprint density at radius 3 is 2.41 bits per heavy atom. The van der Waals surface area contributed by atoms with Crippen molar-refractivity contribution in [3.63, 3.8) is 0 Å². The molecule has 0 aliphatic heterocycles. The van der Waals surface area contributed by atoms with Crippen molar-refractivity contribution in [2.75, 3.05) is 21.3 Å². The zero-order chi connectivity index (χ0) is 19.2. The van der Waals surface area contributed by atoms with Gasteiger partial charge in [-0.25, -0.2) is 0 Å². The normalized spacial score (nSPS) is 19.4. The van der Waals surface area contributed by atoms with Crippen molar-refractivity contribution in [1.82, 2.24) is 5.32 Å². The van der Waals surface area contributed by atoms with E-state index in [-0.39, 0.29) is 11.9 Å². The molecule has 1 heterocycles. The predicted molar refractivity (Wildman–Crippen MR) is 102 cm³/mol. The number of carbonyl (C=O) groups excluding carboxylic acids is 1. The minimum atomic E-state index is -0.134. The highest BCUT2D eigenvalue weighted by Gasteiger charge is 2.28. The lowest BCUT2D eigenvalue weighted by Gasteiger charge is -2.32. The Hall–Kier alpha value is -2.63. The van der Waals surface area contributed by atoms with E-state index in [0.29, 0.717) is 28.7 Å². The molecule has 0 unspecified atom stereocenters. The third-order valence-corrected chi connectivity index (χ3v) is 5.20. The van der Waals surface area contributed by atoms with Gasteiger partial charge in [-0.1, -0.05) is 12.8 Å². The van der Waals surface area contributed by atoms with E-state index in [0.717, 1.165) is 31.4 Å². The molecule has 27 heavy (non-hydrogen) atoms. The van der Waals surface area contributed by atoms with Gasteiger partial charge in [0.1, 0.15) is 5.76 Å². The zero-order valence-corrected chi connectivity index (χ0v) is 16.1. The summed E-state index contributed by atoms with van der Waals surface area (Å²) in [7, 11) is 4.63. The Bertz CT molecular complexity index is 731. The van der Waals surface area contributed by atoms with Gasteiger partial charge in [-0.05, 0) is 43.0 Å². The molecule has 0 spiro atoms. The topological polar surface area (TPSA) is 69.9 Å². The van der Waals surface area contributed by atoms with E-state index in [1.165, 1.54) is 6.42 Å². The van der Waals surface area contributed by atoms with Crippen molar-refractivity contribution in [3.05, 3.63) is 41.9 Å². The van der Waals surface area contributed by atoms with Crippen LogP contribution in [0.25, 0.3) is 0 Å². The first-order valence-electron chi connectivity index (χ1n) is 9.29. The van der Waals surface area contributed by atoms with E-state index < -0.39 is 0 Å². The van der Waals surface area contributed by atoms with Gasteiger partial charge in [-0.15, -0.1) is 0 Å². The van der Waals surface area contributed by atoms with E-state index in [1.807, 2.05) is 12.1 Å². The van der Waals surface area contributed by atoms with Crippen LogP contribution in [0.1, 0.15) is 41.8 Å². The number of carbonyl (C=O) groups is 1. The maximum absolute atomic E-state index is 12.9. The van der Waals surface area contributed by atoms with Crippen LogP contribution in [0.5, 0.6) is 17.2 Å². The van der Waals surface area contributed by atoms with Gasteiger partial charge in [0.15, 0.2) is 11.5 Å². The Balaban J connectivity index is 1.76. The molecule has 2 atom stereocenters. The maximum Gasteiger partial charge on any atom is 0.251 e. The summed E-state index contributed by atoms with van der Waals surface area (Å²) >= 11 is 0. The molecule has 0 radical (unpaired) electrons. The van der Waals surface area contributed by atoms with Gasteiger partial charge in [-0.2, -0.15) is 0 Å². The summed E-state index contributed by atoms with van der Waals surface area (Å²) < 4.78 is 21.5. The Kier molecular flexibility index (Phi) is 6.27. The van der Waals surface area contributed by atoms with Crippen molar-refractivity contribution in [2.45, 2.75) is 38.1 Å². The number of benzene rings is 1. The average molecular weight is 373 g/mol. The minimum absolute atomic E-state index is 0.121. The molecule has 146 valence electrons. The SMILES string of the molecule is COc1cc(C(=O)N[C@H]2CCCC[C@H]2Cc2ccco2)cc(OC)c1OC. The summed E-state index contributed by atoms with van der Waals surface area (Å²) in [5.74, 6) is 2.62. The first-order chi connectivity index (χ1) is 13.2. The average Bonchev–Trinajstić information content (AvgIpc) is 3.21. The van der Waals surface area contributed by atoms with E-state index in [4.69, 9.17) is 18.6 Å². The van der Waals surface area contributed by atoms with Crippen LogP contribution < -0.4 is 19.5 Å². The second kappa shape index (κ2) is 8.84. The molecule has 1 aromatic heterocycles. The molecule has 1 aliphatic rings. The first-order valence-corrected chi connectivity index (χ1v) is 9.29. The van der Waals surface area contributed by atoms with Gasteiger partial charge >= 0.3 is 0 Å². The molecule has 1 N–H and O–H groups in total. The standard InChI is InChI=1S/C21H27NO5/c1-24-18-12-15(13-19(25-2)20(18)26-3)21(23)22-17-9-5-4-7-14(17)11-16-8-6-10-27-16/h6,8,10,12-14,17H,4-5,7,9,11H2,1-3H3,(H,22,23)/t14-,17-/m0/s1. The lowest BCUT2D eigenvalue weighted by Crippen LogP contribution is -2.42. The van der Waals surface area contributed by atoms with Crippen LogP contribution in [0.3, 0.4) is 0 Å². The fraction of sp³-hybridized carbons (Fsp3) is 0.476. The molecular weight excluding hydrogens is 346 g/mol. The molecule has 1 aliphatic carbocycles. The molecule has 6 heteroatoms. The molecule has 6 nitrogen and oxygen atoms in total. The number of hydrogen-bond acceptors (Lipinski definition) is 5. The monoisotopic (exact) mass is 373 g/mol. The molecule has 0 bridgehead atoms. The summed E-state index contributed by atoms with van der Waals surface area (Å²) in [6.45, 7) is 0. The smallest absolute Gasteiger partial charge is 0.251 e. The summed E-state index contributed by atoms with van der Waals surface area (Å²) in [5.41, 5.74) is 0.492. The largest absolute Gasteiger partial charge is 0.493 e. The molecule has 0 saturated heterocycles. The number of ether oxygens (including phenoxy) is 3. The van der Waals surface area contributed by atoms with E-state index in [1.54, 1.807) is 39.7 Å². The van der Waals surface area contributed by atoms with Crippen LogP contribution >= 0.6 is 0 Å². The van der Waals surface area contributed by atoms with E-state index in [2.05, 4.69) is 5.32 Å². The fourth-order valence-corrected chi connectivity index (χ4v) is 3.79. The molecule has 1 aromatic carbocycles. The third kappa shape index (κ3) is 4.38. The first kappa shape index (κ1) is 19.1. The Labute approximate surface area is 159 Å². The molecule has 1 amide bonds. The fourth-order valence-electron chi connectivity index (χ4n) is 3.79. The highest BCUT2D eigenvalue weighted by Crippen LogP contribution is 2.38. The van der Waals surface area contributed by atoms with Gasteiger partial charge in [-0.3, -0.25) is 4.79 Å². The van der Waals surface area contributed by atoms with Gasteiger partial charge in [0.25, 0.3) is 5.91 Å².